The van der Waals surface area contributed by atoms with Gasteiger partial charge in [-0.3, -0.25) is 0 Å². The van der Waals surface area contributed by atoms with Crippen LogP contribution < -0.4 is 0 Å². The SMILES string of the molecule is CC1(C)CC1c1nc(CCCCCBr)co1. The Labute approximate surface area is 106 Å². The fourth-order valence-corrected chi connectivity index (χ4v) is 2.46. The van der Waals surface area contributed by atoms with Gasteiger partial charge in [0.25, 0.3) is 0 Å². The quantitative estimate of drug-likeness (QED) is 0.575. The van der Waals surface area contributed by atoms with Gasteiger partial charge < -0.3 is 4.42 Å². The number of oxazole rings is 1. The van der Waals surface area contributed by atoms with Gasteiger partial charge in [0.2, 0.25) is 0 Å². The topological polar surface area (TPSA) is 26.0 Å². The number of unbranched alkanes of at least 4 members (excludes halogenated alkanes) is 2. The van der Waals surface area contributed by atoms with Gasteiger partial charge in [0, 0.05) is 11.2 Å². The van der Waals surface area contributed by atoms with Crippen LogP contribution in [0.1, 0.15) is 57.0 Å². The minimum atomic E-state index is 0.415. The molecule has 0 N–H and O–H groups in total. The molecule has 0 spiro atoms. The Morgan fingerprint density at radius 3 is 2.81 bits per heavy atom. The van der Waals surface area contributed by atoms with E-state index in [1.165, 1.54) is 25.7 Å². The second-order valence-corrected chi connectivity index (χ2v) is 6.22. The first-order chi connectivity index (χ1) is 7.63. The molecule has 16 heavy (non-hydrogen) atoms. The summed E-state index contributed by atoms with van der Waals surface area (Å²) in [6, 6.07) is 0. The maximum atomic E-state index is 5.56. The van der Waals surface area contributed by atoms with Crippen molar-refractivity contribution >= 4 is 15.9 Å². The van der Waals surface area contributed by atoms with Gasteiger partial charge in [-0.1, -0.05) is 36.2 Å². The summed E-state index contributed by atoms with van der Waals surface area (Å²) >= 11 is 3.45. The highest BCUT2D eigenvalue weighted by atomic mass is 79.9. The molecule has 1 saturated carbocycles. The van der Waals surface area contributed by atoms with Gasteiger partial charge in [0.1, 0.15) is 6.26 Å². The Balaban J connectivity index is 1.79. The molecule has 0 amide bonds. The van der Waals surface area contributed by atoms with Crippen LogP contribution in [0.5, 0.6) is 0 Å². The van der Waals surface area contributed by atoms with Crippen molar-refractivity contribution in [3.05, 3.63) is 17.8 Å². The van der Waals surface area contributed by atoms with Crippen LogP contribution in [0.4, 0.5) is 0 Å². The number of nitrogens with zero attached hydrogens (tertiary/aromatic N) is 1. The van der Waals surface area contributed by atoms with E-state index in [1.807, 2.05) is 6.26 Å². The van der Waals surface area contributed by atoms with E-state index in [2.05, 4.69) is 34.8 Å². The third-order valence-corrected chi connectivity index (χ3v) is 4.01. The summed E-state index contributed by atoms with van der Waals surface area (Å²) in [6.45, 7) is 4.55. The summed E-state index contributed by atoms with van der Waals surface area (Å²) < 4.78 is 5.56. The molecule has 1 aliphatic rings. The number of halogens is 1. The molecular weight excluding hydrogens is 266 g/mol. The lowest BCUT2D eigenvalue weighted by molar-refractivity contribution is 0.467. The molecule has 2 rings (SSSR count). The van der Waals surface area contributed by atoms with E-state index in [9.17, 15) is 0 Å². The van der Waals surface area contributed by atoms with Crippen molar-refractivity contribution in [1.29, 1.82) is 0 Å². The third-order valence-electron chi connectivity index (χ3n) is 3.45. The molecule has 1 unspecified atom stereocenters. The zero-order valence-electron chi connectivity index (χ0n) is 10.1. The van der Waals surface area contributed by atoms with Gasteiger partial charge in [0.15, 0.2) is 5.89 Å². The normalized spacial score (nSPS) is 22.3. The average molecular weight is 286 g/mol. The van der Waals surface area contributed by atoms with Crippen molar-refractivity contribution in [1.82, 2.24) is 4.98 Å². The van der Waals surface area contributed by atoms with Gasteiger partial charge >= 0.3 is 0 Å². The van der Waals surface area contributed by atoms with Crippen molar-refractivity contribution in [2.24, 2.45) is 5.41 Å². The second kappa shape index (κ2) is 4.91. The van der Waals surface area contributed by atoms with Crippen LogP contribution in [0.25, 0.3) is 0 Å². The lowest BCUT2D eigenvalue weighted by Crippen LogP contribution is -1.91. The Morgan fingerprint density at radius 1 is 1.44 bits per heavy atom. The van der Waals surface area contributed by atoms with E-state index in [0.717, 1.165) is 23.3 Å². The molecule has 0 aromatic carbocycles. The van der Waals surface area contributed by atoms with E-state index in [4.69, 9.17) is 4.42 Å². The van der Waals surface area contributed by atoms with Gasteiger partial charge in [0.05, 0.1) is 5.69 Å². The molecule has 1 heterocycles. The summed E-state index contributed by atoms with van der Waals surface area (Å²) in [5, 5.41) is 1.10. The molecule has 3 heteroatoms. The summed E-state index contributed by atoms with van der Waals surface area (Å²) in [7, 11) is 0. The minimum absolute atomic E-state index is 0.415. The third kappa shape index (κ3) is 2.88. The molecular formula is C13H20BrNO. The van der Waals surface area contributed by atoms with E-state index < -0.39 is 0 Å². The average Bonchev–Trinajstić information content (AvgIpc) is 2.70. The summed E-state index contributed by atoms with van der Waals surface area (Å²) in [5.74, 6) is 1.52. The molecule has 1 aromatic heterocycles. The van der Waals surface area contributed by atoms with Gasteiger partial charge in [-0.2, -0.15) is 0 Å². The van der Waals surface area contributed by atoms with Crippen molar-refractivity contribution in [3.8, 4) is 0 Å². The molecule has 90 valence electrons. The van der Waals surface area contributed by atoms with Crippen LogP contribution in [-0.2, 0) is 6.42 Å². The number of rotatable bonds is 6. The summed E-state index contributed by atoms with van der Waals surface area (Å²) in [4.78, 5) is 4.59. The molecule has 1 fully saturated rings. The molecule has 0 aliphatic heterocycles. The van der Waals surface area contributed by atoms with E-state index in [1.54, 1.807) is 0 Å². The summed E-state index contributed by atoms with van der Waals surface area (Å²) in [5.41, 5.74) is 1.55. The first-order valence-electron chi connectivity index (χ1n) is 6.14. The molecule has 0 saturated heterocycles. The highest BCUT2D eigenvalue weighted by molar-refractivity contribution is 9.09. The van der Waals surface area contributed by atoms with Crippen LogP contribution >= 0.6 is 15.9 Å². The highest BCUT2D eigenvalue weighted by Crippen LogP contribution is 2.58. The smallest absolute Gasteiger partial charge is 0.197 e. The highest BCUT2D eigenvalue weighted by Gasteiger charge is 2.49. The Kier molecular flexibility index (Phi) is 3.73. The predicted octanol–water partition coefficient (Wildman–Crippen LogP) is 4.30. The van der Waals surface area contributed by atoms with Crippen molar-refractivity contribution < 1.29 is 4.42 Å². The molecule has 1 atom stereocenters. The fourth-order valence-electron chi connectivity index (χ4n) is 2.06. The monoisotopic (exact) mass is 285 g/mol. The second-order valence-electron chi connectivity index (χ2n) is 5.42. The van der Waals surface area contributed by atoms with Crippen LogP contribution in [0.3, 0.4) is 0 Å². The maximum Gasteiger partial charge on any atom is 0.197 e. The number of hydrogen-bond donors (Lipinski definition) is 0. The van der Waals surface area contributed by atoms with Crippen molar-refractivity contribution in [2.45, 2.75) is 51.9 Å². The maximum absolute atomic E-state index is 5.56. The predicted molar refractivity (Wildman–Crippen MR) is 69.0 cm³/mol. The van der Waals surface area contributed by atoms with Crippen LogP contribution in [-0.4, -0.2) is 10.3 Å². The Morgan fingerprint density at radius 2 is 2.19 bits per heavy atom. The van der Waals surface area contributed by atoms with Crippen molar-refractivity contribution in [3.63, 3.8) is 0 Å². The van der Waals surface area contributed by atoms with Crippen molar-refractivity contribution in [2.75, 3.05) is 5.33 Å². The van der Waals surface area contributed by atoms with E-state index >= 15 is 0 Å². The standard InChI is InChI=1S/C13H20BrNO/c1-13(2)8-11(13)12-15-10(9-16-12)6-4-3-5-7-14/h9,11H,3-8H2,1-2H3. The first kappa shape index (κ1) is 12.2. The fraction of sp³-hybridized carbons (Fsp3) is 0.769. The zero-order valence-corrected chi connectivity index (χ0v) is 11.7. The van der Waals surface area contributed by atoms with E-state index in [-0.39, 0.29) is 0 Å². The number of aryl methyl sites for hydroxylation is 1. The van der Waals surface area contributed by atoms with Gasteiger partial charge in [-0.25, -0.2) is 4.98 Å². The number of aromatic nitrogens is 1. The van der Waals surface area contributed by atoms with E-state index in [0.29, 0.717) is 11.3 Å². The Hall–Kier alpha value is -0.310. The van der Waals surface area contributed by atoms with Crippen LogP contribution in [0, 0.1) is 5.41 Å². The van der Waals surface area contributed by atoms with Crippen LogP contribution in [0.2, 0.25) is 0 Å². The molecule has 0 bridgehead atoms. The molecule has 1 aliphatic carbocycles. The molecule has 1 aromatic rings. The first-order valence-corrected chi connectivity index (χ1v) is 7.26. The van der Waals surface area contributed by atoms with Gasteiger partial charge in [-0.05, 0) is 31.1 Å². The zero-order chi connectivity index (χ0) is 11.6. The lowest BCUT2D eigenvalue weighted by Gasteiger charge is -1.97. The lowest BCUT2D eigenvalue weighted by atomic mass is 10.1. The van der Waals surface area contributed by atoms with Gasteiger partial charge in [-0.15, -0.1) is 0 Å². The molecule has 0 radical (unpaired) electrons. The minimum Gasteiger partial charge on any atom is -0.448 e. The number of hydrogen-bond acceptors (Lipinski definition) is 2. The Bertz CT molecular complexity index is 345. The molecule has 2 nitrogen and oxygen atoms in total. The largest absolute Gasteiger partial charge is 0.448 e. The van der Waals surface area contributed by atoms with Crippen LogP contribution in [0.15, 0.2) is 10.7 Å². The number of alkyl halides is 1. The summed E-state index contributed by atoms with van der Waals surface area (Å²) in [6.07, 6.45) is 7.85.